The van der Waals surface area contributed by atoms with E-state index >= 15 is 0 Å². The van der Waals surface area contributed by atoms with Crippen LogP contribution in [0, 0.1) is 11.6 Å². The van der Waals surface area contributed by atoms with Crippen LogP contribution in [0.4, 0.5) is 26.7 Å². The van der Waals surface area contributed by atoms with Crippen LogP contribution in [0.5, 0.6) is 0 Å². The van der Waals surface area contributed by atoms with E-state index in [2.05, 4.69) is 20.9 Å². The molecule has 4 amide bonds. The number of rotatable bonds is 5. The molecule has 3 N–H and O–H groups in total. The Bertz CT molecular complexity index is 1280. The van der Waals surface area contributed by atoms with Crippen LogP contribution in [0.25, 0.3) is 11.1 Å². The zero-order valence-electron chi connectivity index (χ0n) is 16.8. The van der Waals surface area contributed by atoms with E-state index in [9.17, 15) is 36.3 Å². The Balaban J connectivity index is 1.67. The van der Waals surface area contributed by atoms with Gasteiger partial charge in [0.2, 0.25) is 0 Å². The zero-order chi connectivity index (χ0) is 24.7. The minimum atomic E-state index is -4.64. The van der Waals surface area contributed by atoms with Crippen molar-refractivity contribution < 1.29 is 36.3 Å². The summed E-state index contributed by atoms with van der Waals surface area (Å²) in [6.45, 7) is -0.488. The molecule has 2 heterocycles. The van der Waals surface area contributed by atoms with Gasteiger partial charge in [0, 0.05) is 10.9 Å². The van der Waals surface area contributed by atoms with Gasteiger partial charge in [0.05, 0.1) is 28.9 Å². The van der Waals surface area contributed by atoms with Gasteiger partial charge in [-0.05, 0) is 29.8 Å². The van der Waals surface area contributed by atoms with E-state index < -0.39 is 64.4 Å². The van der Waals surface area contributed by atoms with Crippen molar-refractivity contribution in [2.75, 3.05) is 6.54 Å². The Morgan fingerprint density at radius 3 is 2.35 bits per heavy atom. The summed E-state index contributed by atoms with van der Waals surface area (Å²) in [6, 6.07) is 4.03. The first kappa shape index (κ1) is 23.3. The molecule has 0 aliphatic carbocycles. The van der Waals surface area contributed by atoms with Crippen LogP contribution in [-0.2, 0) is 16.5 Å². The van der Waals surface area contributed by atoms with E-state index in [0.717, 1.165) is 29.5 Å². The molecule has 0 radical (unpaired) electrons. The smallest absolute Gasteiger partial charge is 0.349 e. The predicted octanol–water partition coefficient (Wildman–Crippen LogP) is 3.57. The number of hydrogen-bond acceptors (Lipinski definition) is 5. The Morgan fingerprint density at radius 2 is 1.79 bits per heavy atom. The summed E-state index contributed by atoms with van der Waals surface area (Å²) < 4.78 is 67.2. The van der Waals surface area contributed by atoms with Crippen molar-refractivity contribution in [2.24, 2.45) is 0 Å². The maximum absolute atomic E-state index is 14.7. The molecule has 0 spiro atoms. The second-order valence-electron chi connectivity index (χ2n) is 7.23. The van der Waals surface area contributed by atoms with Crippen LogP contribution in [0.15, 0.2) is 47.3 Å². The average molecular weight is 496 g/mol. The first-order valence-corrected chi connectivity index (χ1v) is 10.4. The molecule has 3 aromatic rings. The van der Waals surface area contributed by atoms with E-state index in [1.54, 1.807) is 0 Å². The minimum Gasteiger partial charge on any atom is -0.349 e. The Morgan fingerprint density at radius 1 is 1.09 bits per heavy atom. The highest BCUT2D eigenvalue weighted by molar-refractivity contribution is 7.07. The maximum atomic E-state index is 14.7. The monoisotopic (exact) mass is 496 g/mol. The highest BCUT2D eigenvalue weighted by atomic mass is 32.1. The van der Waals surface area contributed by atoms with Crippen LogP contribution in [0.3, 0.4) is 0 Å². The van der Waals surface area contributed by atoms with Gasteiger partial charge in [-0.1, -0.05) is 12.1 Å². The second-order valence-corrected chi connectivity index (χ2v) is 7.95. The van der Waals surface area contributed by atoms with Crippen molar-refractivity contribution in [3.05, 3.63) is 75.7 Å². The predicted molar refractivity (Wildman–Crippen MR) is 110 cm³/mol. The van der Waals surface area contributed by atoms with Crippen molar-refractivity contribution in [1.29, 1.82) is 0 Å². The van der Waals surface area contributed by atoms with Gasteiger partial charge in [-0.2, -0.15) is 13.2 Å². The molecule has 13 heteroatoms. The zero-order valence-corrected chi connectivity index (χ0v) is 17.6. The van der Waals surface area contributed by atoms with Gasteiger partial charge < -0.3 is 10.6 Å². The molecule has 176 valence electrons. The first-order chi connectivity index (χ1) is 16.0. The minimum absolute atomic E-state index is 0.148. The van der Waals surface area contributed by atoms with Crippen LogP contribution < -0.4 is 16.0 Å². The number of amides is 4. The number of nitrogens with one attached hydrogen (secondary N) is 3. The summed E-state index contributed by atoms with van der Waals surface area (Å²) in [6.07, 6.45) is -4.64. The van der Waals surface area contributed by atoms with Gasteiger partial charge in [0.15, 0.2) is 17.2 Å². The molecule has 1 fully saturated rings. The summed E-state index contributed by atoms with van der Waals surface area (Å²) in [4.78, 5) is 41.2. The lowest BCUT2D eigenvalue weighted by Gasteiger charge is -2.24. The molecule has 4 rings (SSSR count). The average Bonchev–Trinajstić information content (AvgIpc) is 3.42. The molecule has 1 aliphatic rings. The SMILES string of the molecule is O=C1NC(=O)C(CNC(=O)c2ccc(F)c(F)c2-c2ccc(C(F)(F)F)cc2)(c2cscn2)N1. The number of carbonyl (C=O) groups excluding carboxylic acids is 3. The van der Waals surface area contributed by atoms with Crippen LogP contribution in [0.2, 0.25) is 0 Å². The number of hydrogen-bond donors (Lipinski definition) is 3. The molecule has 0 saturated carbocycles. The number of carbonyl (C=O) groups is 3. The van der Waals surface area contributed by atoms with Gasteiger partial charge in [0.25, 0.3) is 11.8 Å². The highest BCUT2D eigenvalue weighted by Gasteiger charge is 2.49. The fourth-order valence-electron chi connectivity index (χ4n) is 3.47. The molecule has 1 atom stereocenters. The largest absolute Gasteiger partial charge is 0.416 e. The fourth-order valence-corrected chi connectivity index (χ4v) is 4.09. The van der Waals surface area contributed by atoms with Gasteiger partial charge in [-0.3, -0.25) is 14.9 Å². The maximum Gasteiger partial charge on any atom is 0.416 e. The summed E-state index contributed by atoms with van der Waals surface area (Å²) in [5, 5.41) is 8.34. The standard InChI is InChI=1S/C21H13F5N4O3S/c22-13-6-5-12(15(16(13)23)10-1-3-11(4-2-10)21(24,25)26)17(31)27-8-20(14-7-34-9-28-14)18(32)29-19(33)30-20/h1-7,9H,8H2,(H,27,31)(H2,29,30,32,33). The Labute approximate surface area is 192 Å². The lowest BCUT2D eigenvalue weighted by atomic mass is 9.94. The molecule has 2 aromatic carbocycles. The first-order valence-electron chi connectivity index (χ1n) is 9.49. The van der Waals surface area contributed by atoms with Gasteiger partial charge in [-0.25, -0.2) is 18.6 Å². The summed E-state index contributed by atoms with van der Waals surface area (Å²) >= 11 is 1.14. The number of benzene rings is 2. The van der Waals surface area contributed by atoms with E-state index in [1.165, 1.54) is 10.9 Å². The topological polar surface area (TPSA) is 100 Å². The summed E-state index contributed by atoms with van der Waals surface area (Å²) in [5.74, 6) is -4.49. The number of imide groups is 1. The van der Waals surface area contributed by atoms with Crippen molar-refractivity contribution >= 4 is 29.2 Å². The molecule has 1 aromatic heterocycles. The fraction of sp³-hybridized carbons (Fsp3) is 0.143. The van der Waals surface area contributed by atoms with Crippen molar-refractivity contribution in [3.8, 4) is 11.1 Å². The number of halogens is 5. The number of alkyl halides is 3. The molecular formula is C21H13F5N4O3S. The van der Waals surface area contributed by atoms with Gasteiger partial charge in [0.1, 0.15) is 0 Å². The lowest BCUT2D eigenvalue weighted by molar-refractivity contribution is -0.137. The summed E-state index contributed by atoms with van der Waals surface area (Å²) in [7, 11) is 0. The van der Waals surface area contributed by atoms with Crippen molar-refractivity contribution in [2.45, 2.75) is 11.7 Å². The normalized spacial score (nSPS) is 17.9. The van der Waals surface area contributed by atoms with Gasteiger partial charge in [-0.15, -0.1) is 11.3 Å². The number of thiazole rings is 1. The lowest BCUT2D eigenvalue weighted by Crippen LogP contribution is -2.52. The third-order valence-corrected chi connectivity index (χ3v) is 5.75. The van der Waals surface area contributed by atoms with Gasteiger partial charge >= 0.3 is 12.2 Å². The quantitative estimate of drug-likeness (QED) is 0.372. The number of nitrogens with zero attached hydrogens (tertiary/aromatic N) is 1. The third kappa shape index (κ3) is 4.09. The molecule has 7 nitrogen and oxygen atoms in total. The second kappa shape index (κ2) is 8.48. The van der Waals surface area contributed by atoms with Crippen molar-refractivity contribution in [1.82, 2.24) is 20.9 Å². The Hall–Kier alpha value is -3.87. The Kier molecular flexibility index (Phi) is 5.81. The molecule has 0 bridgehead atoms. The highest BCUT2D eigenvalue weighted by Crippen LogP contribution is 2.34. The van der Waals surface area contributed by atoms with E-state index in [4.69, 9.17) is 0 Å². The van der Waals surface area contributed by atoms with Crippen LogP contribution in [0.1, 0.15) is 21.6 Å². The molecule has 1 unspecified atom stereocenters. The third-order valence-electron chi connectivity index (χ3n) is 5.17. The number of aromatic nitrogens is 1. The van der Waals surface area contributed by atoms with E-state index in [0.29, 0.717) is 18.2 Å². The molecule has 34 heavy (non-hydrogen) atoms. The van der Waals surface area contributed by atoms with E-state index in [1.807, 2.05) is 0 Å². The molecule has 1 aliphatic heterocycles. The van der Waals surface area contributed by atoms with Crippen molar-refractivity contribution in [3.63, 3.8) is 0 Å². The summed E-state index contributed by atoms with van der Waals surface area (Å²) in [5.41, 5.74) is -2.31. The molecule has 1 saturated heterocycles. The van der Waals surface area contributed by atoms with Crippen LogP contribution >= 0.6 is 11.3 Å². The van der Waals surface area contributed by atoms with E-state index in [-0.39, 0.29) is 11.3 Å². The molecular weight excluding hydrogens is 483 g/mol. The number of urea groups is 1. The van der Waals surface area contributed by atoms with Crippen LogP contribution in [-0.4, -0.2) is 29.4 Å².